The molecule has 0 saturated carbocycles. The van der Waals surface area contributed by atoms with Gasteiger partial charge in [0.25, 0.3) is 0 Å². The van der Waals surface area contributed by atoms with E-state index in [0.717, 1.165) is 43.6 Å². The summed E-state index contributed by atoms with van der Waals surface area (Å²) < 4.78 is 5.24. The maximum atomic E-state index is 12.2. The van der Waals surface area contributed by atoms with Crippen LogP contribution in [-0.2, 0) is 9.53 Å². The number of carbonyl (C=O) groups is 1. The van der Waals surface area contributed by atoms with Gasteiger partial charge in [-0.05, 0) is 25.3 Å². The number of ether oxygens (including phenoxy) is 1. The number of aliphatic imine (C=N–C) groups is 1. The van der Waals surface area contributed by atoms with Crippen molar-refractivity contribution in [2.24, 2.45) is 4.99 Å². The molecule has 0 aromatic rings. The zero-order valence-electron chi connectivity index (χ0n) is 9.74. The Morgan fingerprint density at radius 1 is 1.38 bits per heavy atom. The second-order valence-corrected chi connectivity index (χ2v) is 4.14. The average molecular weight is 222 g/mol. The van der Waals surface area contributed by atoms with Crippen LogP contribution in [0.25, 0.3) is 0 Å². The van der Waals surface area contributed by atoms with Crippen LogP contribution in [0.3, 0.4) is 0 Å². The SMILES string of the molecule is CN=C1C=C(C(=O)N2CCOCC2)CCC1. The van der Waals surface area contributed by atoms with Gasteiger partial charge in [-0.1, -0.05) is 0 Å². The summed E-state index contributed by atoms with van der Waals surface area (Å²) in [5, 5.41) is 0. The summed E-state index contributed by atoms with van der Waals surface area (Å²) >= 11 is 0. The van der Waals surface area contributed by atoms with Gasteiger partial charge < -0.3 is 9.64 Å². The van der Waals surface area contributed by atoms with Gasteiger partial charge in [-0.25, -0.2) is 0 Å². The smallest absolute Gasteiger partial charge is 0.249 e. The molecule has 1 heterocycles. The first-order valence-corrected chi connectivity index (χ1v) is 5.84. The summed E-state index contributed by atoms with van der Waals surface area (Å²) in [6.07, 6.45) is 4.88. The molecule has 0 bridgehead atoms. The minimum Gasteiger partial charge on any atom is -0.378 e. The molecule has 1 fully saturated rings. The highest BCUT2D eigenvalue weighted by Gasteiger charge is 2.22. The lowest BCUT2D eigenvalue weighted by atomic mass is 9.97. The highest BCUT2D eigenvalue weighted by Crippen LogP contribution is 2.18. The molecule has 16 heavy (non-hydrogen) atoms. The van der Waals surface area contributed by atoms with E-state index in [9.17, 15) is 4.79 Å². The van der Waals surface area contributed by atoms with Gasteiger partial charge in [-0.15, -0.1) is 0 Å². The molecule has 0 spiro atoms. The molecule has 88 valence electrons. The van der Waals surface area contributed by atoms with Crippen LogP contribution in [0.5, 0.6) is 0 Å². The first-order chi connectivity index (χ1) is 7.81. The molecule has 0 aromatic carbocycles. The Labute approximate surface area is 96.0 Å². The fourth-order valence-corrected chi connectivity index (χ4v) is 2.12. The Morgan fingerprint density at radius 2 is 2.12 bits per heavy atom. The van der Waals surface area contributed by atoms with Gasteiger partial charge in [0.2, 0.25) is 5.91 Å². The number of morpholine rings is 1. The van der Waals surface area contributed by atoms with Crippen molar-refractivity contribution in [1.82, 2.24) is 4.90 Å². The molecule has 1 aliphatic heterocycles. The summed E-state index contributed by atoms with van der Waals surface area (Å²) in [6.45, 7) is 2.75. The van der Waals surface area contributed by atoms with Gasteiger partial charge in [0.05, 0.1) is 13.2 Å². The first-order valence-electron chi connectivity index (χ1n) is 5.84. The number of carbonyl (C=O) groups excluding carboxylic acids is 1. The second-order valence-electron chi connectivity index (χ2n) is 4.14. The fraction of sp³-hybridized carbons (Fsp3) is 0.667. The molecular weight excluding hydrogens is 204 g/mol. The highest BCUT2D eigenvalue weighted by atomic mass is 16.5. The molecule has 1 saturated heterocycles. The van der Waals surface area contributed by atoms with Crippen molar-refractivity contribution in [2.45, 2.75) is 19.3 Å². The van der Waals surface area contributed by atoms with Gasteiger partial charge >= 0.3 is 0 Å². The van der Waals surface area contributed by atoms with Crippen molar-refractivity contribution in [3.8, 4) is 0 Å². The third kappa shape index (κ3) is 2.50. The van der Waals surface area contributed by atoms with Crippen LogP contribution in [0.2, 0.25) is 0 Å². The number of hydrogen-bond donors (Lipinski definition) is 0. The van der Waals surface area contributed by atoms with Gasteiger partial charge in [-0.3, -0.25) is 9.79 Å². The maximum Gasteiger partial charge on any atom is 0.249 e. The minimum absolute atomic E-state index is 0.171. The van der Waals surface area contributed by atoms with Crippen molar-refractivity contribution in [3.05, 3.63) is 11.6 Å². The summed E-state index contributed by atoms with van der Waals surface area (Å²) in [4.78, 5) is 18.2. The molecule has 4 nitrogen and oxygen atoms in total. The van der Waals surface area contributed by atoms with Gasteiger partial charge in [0.15, 0.2) is 0 Å². The lowest BCUT2D eigenvalue weighted by Crippen LogP contribution is -2.41. The third-order valence-electron chi connectivity index (χ3n) is 3.08. The average Bonchev–Trinajstić information content (AvgIpc) is 2.39. The summed E-state index contributed by atoms with van der Waals surface area (Å²) in [5.41, 5.74) is 1.96. The number of amides is 1. The molecule has 2 aliphatic rings. The lowest BCUT2D eigenvalue weighted by Gasteiger charge is -2.28. The summed E-state index contributed by atoms with van der Waals surface area (Å²) in [5.74, 6) is 0.171. The van der Waals surface area contributed by atoms with Crippen molar-refractivity contribution in [1.29, 1.82) is 0 Å². The molecule has 0 atom stereocenters. The van der Waals surface area contributed by atoms with E-state index in [1.807, 2.05) is 11.0 Å². The summed E-state index contributed by atoms with van der Waals surface area (Å²) in [7, 11) is 1.79. The molecule has 0 N–H and O–H groups in total. The van der Waals surface area contributed by atoms with Gasteiger partial charge in [0.1, 0.15) is 0 Å². The molecule has 0 aromatic heterocycles. The second kappa shape index (κ2) is 5.25. The van der Waals surface area contributed by atoms with Crippen LogP contribution >= 0.6 is 0 Å². The van der Waals surface area contributed by atoms with Crippen molar-refractivity contribution < 1.29 is 9.53 Å². The number of rotatable bonds is 1. The Kier molecular flexibility index (Phi) is 3.72. The van der Waals surface area contributed by atoms with Crippen molar-refractivity contribution in [2.75, 3.05) is 33.4 Å². The third-order valence-corrected chi connectivity index (χ3v) is 3.08. The Balaban J connectivity index is 2.05. The largest absolute Gasteiger partial charge is 0.378 e. The molecule has 2 rings (SSSR count). The van der Waals surface area contributed by atoms with Crippen LogP contribution in [0.15, 0.2) is 16.6 Å². The van der Waals surface area contributed by atoms with Gasteiger partial charge in [-0.2, -0.15) is 0 Å². The summed E-state index contributed by atoms with van der Waals surface area (Å²) in [6, 6.07) is 0. The van der Waals surface area contributed by atoms with Crippen LogP contribution in [-0.4, -0.2) is 49.9 Å². The van der Waals surface area contributed by atoms with Crippen molar-refractivity contribution in [3.63, 3.8) is 0 Å². The Morgan fingerprint density at radius 3 is 2.81 bits per heavy atom. The van der Waals surface area contributed by atoms with Crippen LogP contribution in [0, 0.1) is 0 Å². The molecule has 0 radical (unpaired) electrons. The predicted molar refractivity (Wildman–Crippen MR) is 62.7 cm³/mol. The maximum absolute atomic E-state index is 12.2. The normalized spacial score (nSPS) is 24.4. The van der Waals surface area contributed by atoms with Crippen LogP contribution in [0.1, 0.15) is 19.3 Å². The molecule has 1 amide bonds. The molecule has 4 heteroatoms. The predicted octanol–water partition coefficient (Wildman–Crippen LogP) is 1.03. The quantitative estimate of drug-likeness (QED) is 0.665. The number of allylic oxidation sites excluding steroid dienone is 1. The Bertz CT molecular complexity index is 328. The zero-order valence-corrected chi connectivity index (χ0v) is 9.74. The number of nitrogens with zero attached hydrogens (tertiary/aromatic N) is 2. The zero-order chi connectivity index (χ0) is 11.4. The molecule has 0 unspecified atom stereocenters. The van der Waals surface area contributed by atoms with E-state index in [1.165, 1.54) is 0 Å². The Hall–Kier alpha value is -1.16. The fourth-order valence-electron chi connectivity index (χ4n) is 2.12. The lowest BCUT2D eigenvalue weighted by molar-refractivity contribution is -0.131. The van der Waals surface area contributed by atoms with E-state index in [0.29, 0.717) is 13.2 Å². The molecule has 1 aliphatic carbocycles. The molecular formula is C12H18N2O2. The minimum atomic E-state index is 0.171. The van der Waals surface area contributed by atoms with E-state index in [1.54, 1.807) is 7.05 Å². The highest BCUT2D eigenvalue weighted by molar-refractivity contribution is 6.05. The van der Waals surface area contributed by atoms with E-state index < -0.39 is 0 Å². The van der Waals surface area contributed by atoms with E-state index in [4.69, 9.17) is 4.74 Å². The van der Waals surface area contributed by atoms with E-state index in [2.05, 4.69) is 4.99 Å². The standard InChI is InChI=1S/C12H18N2O2/c1-13-11-4-2-3-10(9-11)12(15)14-5-7-16-8-6-14/h9H,2-8H2,1H3. The van der Waals surface area contributed by atoms with E-state index in [-0.39, 0.29) is 5.91 Å². The van der Waals surface area contributed by atoms with Crippen LogP contribution in [0.4, 0.5) is 0 Å². The monoisotopic (exact) mass is 222 g/mol. The van der Waals surface area contributed by atoms with E-state index >= 15 is 0 Å². The first kappa shape index (κ1) is 11.3. The van der Waals surface area contributed by atoms with Crippen molar-refractivity contribution >= 4 is 11.6 Å². The van der Waals surface area contributed by atoms with Gasteiger partial charge in [0, 0.05) is 31.4 Å². The topological polar surface area (TPSA) is 41.9 Å². The van der Waals surface area contributed by atoms with Crippen LogP contribution < -0.4 is 0 Å². The number of hydrogen-bond acceptors (Lipinski definition) is 3.